The molecule has 0 saturated carbocycles. The van der Waals surface area contributed by atoms with Gasteiger partial charge in [0.1, 0.15) is 12.7 Å². The van der Waals surface area contributed by atoms with Crippen LogP contribution in [0.25, 0.3) is 0 Å². The van der Waals surface area contributed by atoms with Crippen LogP contribution in [0.2, 0.25) is 0 Å². The van der Waals surface area contributed by atoms with E-state index in [1.807, 2.05) is 13.8 Å². The molecular formula is C16H22O6S. The lowest BCUT2D eigenvalue weighted by Gasteiger charge is -2.14. The number of aryl methyl sites for hydroxylation is 1. The molecule has 0 heterocycles. The summed E-state index contributed by atoms with van der Waals surface area (Å²) in [6, 6.07) is 6.39. The molecule has 23 heavy (non-hydrogen) atoms. The Labute approximate surface area is 137 Å². The molecule has 0 aliphatic rings. The number of carbonyl (C=O) groups excluding carboxylic acids is 1. The Morgan fingerprint density at radius 2 is 1.87 bits per heavy atom. The SMILES string of the molecule is CCOC(=O)/C=C/OC(CC)COS(=O)(=O)c1ccc(C)cc1. The number of ether oxygens (including phenoxy) is 2. The summed E-state index contributed by atoms with van der Waals surface area (Å²) in [7, 11) is -3.83. The molecule has 0 radical (unpaired) electrons. The summed E-state index contributed by atoms with van der Waals surface area (Å²) >= 11 is 0. The van der Waals surface area contributed by atoms with Crippen molar-refractivity contribution >= 4 is 16.1 Å². The third kappa shape index (κ3) is 6.83. The fraction of sp³-hybridized carbons (Fsp3) is 0.438. The molecule has 128 valence electrons. The second-order valence-corrected chi connectivity index (χ2v) is 6.39. The zero-order valence-electron chi connectivity index (χ0n) is 13.5. The van der Waals surface area contributed by atoms with E-state index in [9.17, 15) is 13.2 Å². The summed E-state index contributed by atoms with van der Waals surface area (Å²) in [5, 5.41) is 0. The first kappa shape index (κ1) is 19.2. The van der Waals surface area contributed by atoms with E-state index in [-0.39, 0.29) is 18.1 Å². The molecule has 6 nitrogen and oxygen atoms in total. The fourth-order valence-electron chi connectivity index (χ4n) is 1.59. The molecule has 0 saturated heterocycles. The topological polar surface area (TPSA) is 78.9 Å². The summed E-state index contributed by atoms with van der Waals surface area (Å²) in [5.74, 6) is -0.518. The Morgan fingerprint density at radius 3 is 2.43 bits per heavy atom. The third-order valence-electron chi connectivity index (χ3n) is 2.94. The van der Waals surface area contributed by atoms with Crippen LogP contribution in [-0.2, 0) is 28.6 Å². The van der Waals surface area contributed by atoms with Gasteiger partial charge in [-0.1, -0.05) is 24.6 Å². The molecule has 1 rings (SSSR count). The van der Waals surface area contributed by atoms with Crippen LogP contribution in [0.5, 0.6) is 0 Å². The summed E-state index contributed by atoms with van der Waals surface area (Å²) in [6.07, 6.45) is 2.37. The molecular weight excluding hydrogens is 320 g/mol. The van der Waals surface area contributed by atoms with E-state index in [0.717, 1.165) is 11.6 Å². The van der Waals surface area contributed by atoms with Crippen LogP contribution in [0, 0.1) is 6.92 Å². The van der Waals surface area contributed by atoms with Crippen LogP contribution in [0.3, 0.4) is 0 Å². The number of carbonyl (C=O) groups is 1. The van der Waals surface area contributed by atoms with E-state index in [1.165, 1.54) is 18.4 Å². The van der Waals surface area contributed by atoms with Crippen LogP contribution in [0.15, 0.2) is 41.5 Å². The van der Waals surface area contributed by atoms with Crippen molar-refractivity contribution in [1.29, 1.82) is 0 Å². The fourth-order valence-corrected chi connectivity index (χ4v) is 2.52. The Kier molecular flexibility index (Phi) is 7.77. The van der Waals surface area contributed by atoms with E-state index in [4.69, 9.17) is 13.7 Å². The molecule has 0 amide bonds. The van der Waals surface area contributed by atoms with Crippen molar-refractivity contribution < 1.29 is 26.9 Å². The highest BCUT2D eigenvalue weighted by atomic mass is 32.2. The Balaban J connectivity index is 2.56. The summed E-state index contributed by atoms with van der Waals surface area (Å²) in [5.41, 5.74) is 0.961. The van der Waals surface area contributed by atoms with E-state index in [0.29, 0.717) is 6.42 Å². The molecule has 0 spiro atoms. The molecule has 0 N–H and O–H groups in total. The van der Waals surface area contributed by atoms with Gasteiger partial charge in [-0.3, -0.25) is 4.18 Å². The molecule has 0 fully saturated rings. The highest BCUT2D eigenvalue weighted by Gasteiger charge is 2.18. The predicted molar refractivity (Wildman–Crippen MR) is 85.3 cm³/mol. The van der Waals surface area contributed by atoms with E-state index in [2.05, 4.69) is 0 Å². The maximum Gasteiger partial charge on any atom is 0.333 e. The molecule has 1 unspecified atom stereocenters. The van der Waals surface area contributed by atoms with Crippen LogP contribution in [0.4, 0.5) is 0 Å². The Morgan fingerprint density at radius 1 is 1.22 bits per heavy atom. The first-order chi connectivity index (χ1) is 10.9. The molecule has 7 heteroatoms. The van der Waals surface area contributed by atoms with Crippen molar-refractivity contribution in [2.45, 2.75) is 38.2 Å². The molecule has 0 aliphatic carbocycles. The average molecular weight is 342 g/mol. The standard InChI is InChI=1S/C16H22O6S/c1-4-14(21-11-10-16(17)20-5-2)12-22-23(18,19)15-8-6-13(3)7-9-15/h6-11,14H,4-5,12H2,1-3H3/b11-10+. The molecule has 0 aliphatic heterocycles. The van der Waals surface area contributed by atoms with Gasteiger partial charge in [0.2, 0.25) is 0 Å². The zero-order chi connectivity index (χ0) is 17.3. The maximum atomic E-state index is 12.1. The largest absolute Gasteiger partial charge is 0.495 e. The third-order valence-corrected chi connectivity index (χ3v) is 4.23. The van der Waals surface area contributed by atoms with Gasteiger partial charge in [-0.2, -0.15) is 8.42 Å². The first-order valence-electron chi connectivity index (χ1n) is 7.34. The average Bonchev–Trinajstić information content (AvgIpc) is 2.51. The zero-order valence-corrected chi connectivity index (χ0v) is 14.3. The van der Waals surface area contributed by atoms with Gasteiger partial charge in [-0.15, -0.1) is 0 Å². The number of esters is 1. The van der Waals surface area contributed by atoms with Crippen molar-refractivity contribution in [3.8, 4) is 0 Å². The van der Waals surface area contributed by atoms with Gasteiger partial charge in [-0.25, -0.2) is 4.79 Å². The van der Waals surface area contributed by atoms with Crippen molar-refractivity contribution in [3.05, 3.63) is 42.2 Å². The van der Waals surface area contributed by atoms with Gasteiger partial charge in [0.25, 0.3) is 10.1 Å². The molecule has 1 aromatic rings. The highest BCUT2D eigenvalue weighted by Crippen LogP contribution is 2.14. The number of hydrogen-bond donors (Lipinski definition) is 0. The lowest BCUT2D eigenvalue weighted by atomic mass is 10.2. The number of rotatable bonds is 9. The van der Waals surface area contributed by atoms with E-state index < -0.39 is 22.2 Å². The van der Waals surface area contributed by atoms with Gasteiger partial charge in [0.15, 0.2) is 0 Å². The minimum absolute atomic E-state index is 0.0972. The quantitative estimate of drug-likeness (QED) is 0.297. The van der Waals surface area contributed by atoms with Gasteiger partial charge in [0.05, 0.1) is 23.8 Å². The van der Waals surface area contributed by atoms with Gasteiger partial charge < -0.3 is 9.47 Å². The Hall–Kier alpha value is -1.86. The van der Waals surface area contributed by atoms with Crippen LogP contribution in [-0.4, -0.2) is 33.7 Å². The lowest BCUT2D eigenvalue weighted by Crippen LogP contribution is -2.20. The van der Waals surface area contributed by atoms with Crippen LogP contribution < -0.4 is 0 Å². The van der Waals surface area contributed by atoms with Crippen LogP contribution in [0.1, 0.15) is 25.8 Å². The Bertz CT molecular complexity index is 618. The second kappa shape index (κ2) is 9.32. The van der Waals surface area contributed by atoms with Gasteiger partial charge in [0, 0.05) is 0 Å². The lowest BCUT2D eigenvalue weighted by molar-refractivity contribution is -0.137. The van der Waals surface area contributed by atoms with Crippen LogP contribution >= 0.6 is 0 Å². The summed E-state index contributed by atoms with van der Waals surface area (Å²) in [4.78, 5) is 11.2. The van der Waals surface area contributed by atoms with Gasteiger partial charge >= 0.3 is 5.97 Å². The van der Waals surface area contributed by atoms with Crippen molar-refractivity contribution in [2.24, 2.45) is 0 Å². The maximum absolute atomic E-state index is 12.1. The van der Waals surface area contributed by atoms with E-state index >= 15 is 0 Å². The second-order valence-electron chi connectivity index (χ2n) is 4.77. The van der Waals surface area contributed by atoms with Crippen molar-refractivity contribution in [1.82, 2.24) is 0 Å². The first-order valence-corrected chi connectivity index (χ1v) is 8.74. The molecule has 0 bridgehead atoms. The number of benzene rings is 1. The monoisotopic (exact) mass is 342 g/mol. The van der Waals surface area contributed by atoms with E-state index in [1.54, 1.807) is 19.1 Å². The predicted octanol–water partition coefficient (Wildman–Crippen LogP) is 2.57. The minimum atomic E-state index is -3.83. The molecule has 0 aromatic heterocycles. The molecule has 1 aromatic carbocycles. The minimum Gasteiger partial charge on any atom is -0.495 e. The normalized spacial score (nSPS) is 13.0. The summed E-state index contributed by atoms with van der Waals surface area (Å²) < 4.78 is 39.1. The van der Waals surface area contributed by atoms with Gasteiger partial charge in [-0.05, 0) is 32.4 Å². The molecule has 1 atom stereocenters. The van der Waals surface area contributed by atoms with Crippen molar-refractivity contribution in [2.75, 3.05) is 13.2 Å². The highest BCUT2D eigenvalue weighted by molar-refractivity contribution is 7.86. The smallest absolute Gasteiger partial charge is 0.333 e. The van der Waals surface area contributed by atoms with Crippen molar-refractivity contribution in [3.63, 3.8) is 0 Å². The summed E-state index contributed by atoms with van der Waals surface area (Å²) in [6.45, 7) is 5.53. The number of hydrogen-bond acceptors (Lipinski definition) is 6.